The Morgan fingerprint density at radius 2 is 1.88 bits per heavy atom. The topological polar surface area (TPSA) is 60.0 Å². The van der Waals surface area contributed by atoms with Crippen LogP contribution in [0.2, 0.25) is 0 Å². The van der Waals surface area contributed by atoms with Crippen molar-refractivity contribution < 1.29 is 19.0 Å². The van der Waals surface area contributed by atoms with Gasteiger partial charge in [0, 0.05) is 24.5 Å². The molecular weight excluding hydrogens is 404 g/mol. The maximum absolute atomic E-state index is 12.5. The molecule has 2 aromatic carbocycles. The molecule has 0 bridgehead atoms. The van der Waals surface area contributed by atoms with Crippen LogP contribution >= 0.6 is 0 Å². The Kier molecular flexibility index (Phi) is 7.67. The molecule has 1 heterocycles. The van der Waals surface area contributed by atoms with Gasteiger partial charge < -0.3 is 19.5 Å². The lowest BCUT2D eigenvalue weighted by Crippen LogP contribution is -2.36. The fourth-order valence-corrected chi connectivity index (χ4v) is 3.88. The molecule has 0 saturated heterocycles. The van der Waals surface area contributed by atoms with Crippen molar-refractivity contribution in [3.05, 3.63) is 53.6 Å². The fourth-order valence-electron chi connectivity index (χ4n) is 3.88. The van der Waals surface area contributed by atoms with Crippen molar-refractivity contribution in [3.63, 3.8) is 0 Å². The number of hydrogen-bond acceptors (Lipinski definition) is 5. The van der Waals surface area contributed by atoms with E-state index < -0.39 is 5.60 Å². The van der Waals surface area contributed by atoms with Crippen LogP contribution in [0.25, 0.3) is 0 Å². The summed E-state index contributed by atoms with van der Waals surface area (Å²) in [5.41, 5.74) is 3.90. The molecule has 2 atom stereocenters. The number of ether oxygens (including phenoxy) is 3. The second-order valence-electron chi connectivity index (χ2n) is 9.01. The third-order valence-electron chi connectivity index (χ3n) is 5.35. The third kappa shape index (κ3) is 6.16. The van der Waals surface area contributed by atoms with E-state index in [4.69, 9.17) is 14.2 Å². The van der Waals surface area contributed by atoms with E-state index >= 15 is 0 Å². The first-order valence-corrected chi connectivity index (χ1v) is 11.5. The largest absolute Gasteiger partial charge is 0.465 e. The second kappa shape index (κ2) is 10.3. The van der Waals surface area contributed by atoms with Gasteiger partial charge in [0.1, 0.15) is 11.4 Å². The van der Waals surface area contributed by atoms with Gasteiger partial charge in [0.2, 0.25) is 0 Å². The molecule has 0 fully saturated rings. The quantitative estimate of drug-likeness (QED) is 0.511. The summed E-state index contributed by atoms with van der Waals surface area (Å²) in [5, 5.41) is 3.64. The Morgan fingerprint density at radius 3 is 2.50 bits per heavy atom. The van der Waals surface area contributed by atoms with Crippen LogP contribution in [-0.4, -0.2) is 31.1 Å². The Balaban J connectivity index is 1.67. The normalized spacial score (nSPS) is 16.5. The second-order valence-corrected chi connectivity index (χ2v) is 9.01. The van der Waals surface area contributed by atoms with E-state index in [0.29, 0.717) is 13.2 Å². The molecule has 174 valence electrons. The number of nitrogens with one attached hydrogen (secondary N) is 1. The lowest BCUT2D eigenvalue weighted by Gasteiger charge is -2.29. The van der Waals surface area contributed by atoms with E-state index in [1.807, 2.05) is 59.7 Å². The first-order chi connectivity index (χ1) is 15.2. The molecule has 1 aliphatic heterocycles. The number of aryl methyl sites for hydroxylation is 1. The molecule has 3 rings (SSSR count). The van der Waals surface area contributed by atoms with Crippen LogP contribution in [0.15, 0.2) is 42.5 Å². The number of benzene rings is 2. The van der Waals surface area contributed by atoms with Crippen LogP contribution in [0.5, 0.6) is 5.75 Å². The predicted molar refractivity (Wildman–Crippen MR) is 129 cm³/mol. The number of amides is 1. The van der Waals surface area contributed by atoms with Crippen molar-refractivity contribution in [2.45, 2.75) is 72.3 Å². The smallest absolute Gasteiger partial charge is 0.414 e. The van der Waals surface area contributed by atoms with Gasteiger partial charge in [0.05, 0.1) is 6.04 Å². The molecule has 1 aliphatic rings. The Bertz CT molecular complexity index is 905. The Hall–Kier alpha value is -2.73. The van der Waals surface area contributed by atoms with Crippen LogP contribution in [0.3, 0.4) is 0 Å². The Labute approximate surface area is 191 Å². The molecule has 32 heavy (non-hydrogen) atoms. The number of nitrogens with zero attached hydrogens (tertiary/aromatic N) is 1. The van der Waals surface area contributed by atoms with Crippen LogP contribution in [0.1, 0.15) is 65.1 Å². The SMILES string of the molecule is CCOC(C)Oc1ccc2c(c1)CCC(c1ccc(N(CC)C(=O)OC(C)(C)C)cc1)N2. The number of anilines is 2. The number of carbonyl (C=O) groups is 1. The molecule has 2 unspecified atom stereocenters. The summed E-state index contributed by atoms with van der Waals surface area (Å²) >= 11 is 0. The number of fused-ring (bicyclic) bond motifs is 1. The van der Waals surface area contributed by atoms with E-state index in [9.17, 15) is 4.79 Å². The molecule has 0 radical (unpaired) electrons. The highest BCUT2D eigenvalue weighted by atomic mass is 16.7. The lowest BCUT2D eigenvalue weighted by atomic mass is 9.93. The highest BCUT2D eigenvalue weighted by Crippen LogP contribution is 2.35. The highest BCUT2D eigenvalue weighted by molar-refractivity contribution is 5.87. The van der Waals surface area contributed by atoms with Gasteiger partial charge in [-0.3, -0.25) is 4.90 Å². The molecule has 0 aliphatic carbocycles. The van der Waals surface area contributed by atoms with E-state index in [2.05, 4.69) is 29.6 Å². The number of carbonyl (C=O) groups excluding carboxylic acids is 1. The minimum Gasteiger partial charge on any atom is -0.465 e. The molecule has 0 spiro atoms. The average Bonchev–Trinajstić information content (AvgIpc) is 2.73. The van der Waals surface area contributed by atoms with E-state index in [1.165, 1.54) is 11.1 Å². The molecule has 0 aromatic heterocycles. The van der Waals surface area contributed by atoms with Crippen LogP contribution in [0, 0.1) is 0 Å². The summed E-state index contributed by atoms with van der Waals surface area (Å²) in [6.07, 6.45) is 1.37. The zero-order valence-electron chi connectivity index (χ0n) is 20.1. The number of hydrogen-bond donors (Lipinski definition) is 1. The zero-order valence-corrected chi connectivity index (χ0v) is 20.1. The third-order valence-corrected chi connectivity index (χ3v) is 5.35. The van der Waals surface area contributed by atoms with E-state index in [-0.39, 0.29) is 18.4 Å². The number of rotatable bonds is 7. The van der Waals surface area contributed by atoms with Crippen LogP contribution in [-0.2, 0) is 15.9 Å². The summed E-state index contributed by atoms with van der Waals surface area (Å²) in [6.45, 7) is 12.6. The predicted octanol–water partition coefficient (Wildman–Crippen LogP) is 6.31. The van der Waals surface area contributed by atoms with E-state index in [1.54, 1.807) is 4.90 Å². The van der Waals surface area contributed by atoms with Crippen molar-refractivity contribution in [1.29, 1.82) is 0 Å². The summed E-state index contributed by atoms with van der Waals surface area (Å²) in [4.78, 5) is 14.2. The molecule has 1 N–H and O–H groups in total. The summed E-state index contributed by atoms with van der Waals surface area (Å²) in [6, 6.07) is 14.5. The average molecular weight is 441 g/mol. The van der Waals surface area contributed by atoms with Gasteiger partial charge in [-0.05, 0) is 95.8 Å². The Morgan fingerprint density at radius 1 is 1.16 bits per heavy atom. The molecular formula is C26H36N2O4. The van der Waals surface area contributed by atoms with Crippen molar-refractivity contribution in [2.75, 3.05) is 23.4 Å². The van der Waals surface area contributed by atoms with Gasteiger partial charge in [-0.1, -0.05) is 12.1 Å². The van der Waals surface area contributed by atoms with Crippen molar-refractivity contribution in [2.24, 2.45) is 0 Å². The van der Waals surface area contributed by atoms with Gasteiger partial charge in [-0.25, -0.2) is 4.79 Å². The molecule has 6 heteroatoms. The summed E-state index contributed by atoms with van der Waals surface area (Å²) in [5.74, 6) is 0.830. The maximum atomic E-state index is 12.5. The van der Waals surface area contributed by atoms with Gasteiger partial charge in [0.15, 0.2) is 6.29 Å². The molecule has 1 amide bonds. The van der Waals surface area contributed by atoms with E-state index in [0.717, 1.165) is 30.0 Å². The maximum Gasteiger partial charge on any atom is 0.414 e. The van der Waals surface area contributed by atoms with Crippen molar-refractivity contribution in [1.82, 2.24) is 0 Å². The molecule has 6 nitrogen and oxygen atoms in total. The standard InChI is InChI=1S/C26H36N2O4/c1-7-28(25(29)32-26(4,5)6)21-12-9-19(10-13-21)23-15-11-20-17-22(14-16-24(20)27-23)31-18(3)30-8-2/h9-10,12-14,16-18,23,27H,7-8,11,15H2,1-6H3. The fraction of sp³-hybridized carbons (Fsp3) is 0.500. The van der Waals surface area contributed by atoms with Crippen LogP contribution in [0.4, 0.5) is 16.2 Å². The van der Waals surface area contributed by atoms with Gasteiger partial charge in [0.25, 0.3) is 0 Å². The highest BCUT2D eigenvalue weighted by Gasteiger charge is 2.24. The first kappa shape index (κ1) is 23.9. The van der Waals surface area contributed by atoms with Gasteiger partial charge in [-0.2, -0.15) is 0 Å². The van der Waals surface area contributed by atoms with Gasteiger partial charge in [-0.15, -0.1) is 0 Å². The molecule has 2 aromatic rings. The monoisotopic (exact) mass is 440 g/mol. The summed E-state index contributed by atoms with van der Waals surface area (Å²) in [7, 11) is 0. The zero-order chi connectivity index (χ0) is 23.3. The minimum absolute atomic E-state index is 0.224. The molecule has 0 saturated carbocycles. The van der Waals surface area contributed by atoms with Crippen molar-refractivity contribution >= 4 is 17.5 Å². The summed E-state index contributed by atoms with van der Waals surface area (Å²) < 4.78 is 16.8. The van der Waals surface area contributed by atoms with Gasteiger partial charge >= 0.3 is 6.09 Å². The van der Waals surface area contributed by atoms with Crippen LogP contribution < -0.4 is 15.0 Å². The van der Waals surface area contributed by atoms with Crippen molar-refractivity contribution in [3.8, 4) is 5.75 Å². The lowest BCUT2D eigenvalue weighted by molar-refractivity contribution is -0.0613. The minimum atomic E-state index is -0.518. The first-order valence-electron chi connectivity index (χ1n) is 11.5.